The zero-order chi connectivity index (χ0) is 26.7. The first-order valence-corrected chi connectivity index (χ1v) is 14.8. The van der Waals surface area contributed by atoms with E-state index in [1.54, 1.807) is 36.4 Å². The molecule has 5 nitrogen and oxygen atoms in total. The predicted octanol–water partition coefficient (Wildman–Crippen LogP) is 6.88. The van der Waals surface area contributed by atoms with Crippen LogP contribution in [0.4, 0.5) is 4.39 Å². The summed E-state index contributed by atoms with van der Waals surface area (Å²) in [5.41, 5.74) is 0.962. The number of hydrogen-bond acceptors (Lipinski definition) is 4. The first-order valence-electron chi connectivity index (χ1n) is 11.8. The molecule has 1 aliphatic heterocycles. The second-order valence-electron chi connectivity index (χ2n) is 9.41. The van der Waals surface area contributed by atoms with Crippen molar-refractivity contribution in [1.29, 1.82) is 0 Å². The van der Waals surface area contributed by atoms with E-state index >= 15 is 0 Å². The normalized spacial score (nSPS) is 18.5. The van der Waals surface area contributed by atoms with E-state index in [1.165, 1.54) is 40.3 Å². The maximum absolute atomic E-state index is 13.5. The van der Waals surface area contributed by atoms with E-state index in [1.807, 2.05) is 13.8 Å². The quantitative estimate of drug-likeness (QED) is 0.331. The van der Waals surface area contributed by atoms with Gasteiger partial charge in [0.15, 0.2) is 0 Å². The summed E-state index contributed by atoms with van der Waals surface area (Å²) in [7, 11) is -3.79. The fourth-order valence-electron chi connectivity index (χ4n) is 4.44. The number of carbonyl (C=O) groups is 1. The standard InChI is InChI=1S/C27H27Cl2FN2O3S2/c1-17-11-18(2)16-32(15-17)37(34,35)22-8-10-26(36-21-6-4-20(30)5-7-21)23(13-22)27(33)31-14-19-3-9-24(28)25(29)12-19/h3-10,12-13,17-18H,11,14-16H2,1-2H3,(H,31,33)/t17-,18+. The van der Waals surface area contributed by atoms with Gasteiger partial charge in [-0.1, -0.05) is 54.9 Å². The number of carbonyl (C=O) groups excluding carboxylic acids is 1. The molecule has 2 atom stereocenters. The Morgan fingerprint density at radius 1 is 1.00 bits per heavy atom. The van der Waals surface area contributed by atoms with Gasteiger partial charge in [-0.3, -0.25) is 4.79 Å². The number of rotatable bonds is 7. The summed E-state index contributed by atoms with van der Waals surface area (Å²) in [5.74, 6) is -0.301. The molecule has 1 saturated heterocycles. The summed E-state index contributed by atoms with van der Waals surface area (Å²) in [6.07, 6.45) is 0.974. The van der Waals surface area contributed by atoms with Crippen LogP contribution in [0.2, 0.25) is 10.0 Å². The highest BCUT2D eigenvalue weighted by atomic mass is 35.5. The van der Waals surface area contributed by atoms with Crippen LogP contribution < -0.4 is 5.32 Å². The Kier molecular flexibility index (Phi) is 8.86. The Hall–Kier alpha value is -2.10. The lowest BCUT2D eigenvalue weighted by Gasteiger charge is -2.34. The zero-order valence-corrected chi connectivity index (χ0v) is 23.5. The number of sulfonamides is 1. The second-order valence-corrected chi connectivity index (χ2v) is 13.3. The Labute approximate surface area is 231 Å². The average molecular weight is 582 g/mol. The molecule has 1 N–H and O–H groups in total. The fourth-order valence-corrected chi connectivity index (χ4v) is 7.39. The highest BCUT2D eigenvalue weighted by Gasteiger charge is 2.32. The summed E-state index contributed by atoms with van der Waals surface area (Å²) in [4.78, 5) is 14.7. The topological polar surface area (TPSA) is 66.5 Å². The van der Waals surface area contributed by atoms with Gasteiger partial charge in [0.1, 0.15) is 5.82 Å². The van der Waals surface area contributed by atoms with E-state index in [0.29, 0.717) is 32.9 Å². The summed E-state index contributed by atoms with van der Waals surface area (Å²) in [5, 5.41) is 3.63. The van der Waals surface area contributed by atoms with Gasteiger partial charge in [0.05, 0.1) is 20.5 Å². The van der Waals surface area contributed by atoms with Crippen molar-refractivity contribution in [3.63, 3.8) is 0 Å². The lowest BCUT2D eigenvalue weighted by molar-refractivity contribution is 0.0947. The van der Waals surface area contributed by atoms with Gasteiger partial charge in [0.2, 0.25) is 10.0 Å². The van der Waals surface area contributed by atoms with Crippen LogP contribution in [0.3, 0.4) is 0 Å². The minimum Gasteiger partial charge on any atom is -0.348 e. The number of nitrogens with one attached hydrogen (secondary N) is 1. The predicted molar refractivity (Wildman–Crippen MR) is 146 cm³/mol. The fraction of sp³-hybridized carbons (Fsp3) is 0.296. The molecule has 0 radical (unpaired) electrons. The van der Waals surface area contributed by atoms with Crippen LogP contribution in [0.5, 0.6) is 0 Å². The smallest absolute Gasteiger partial charge is 0.252 e. The van der Waals surface area contributed by atoms with Gasteiger partial charge < -0.3 is 5.32 Å². The van der Waals surface area contributed by atoms with E-state index in [0.717, 1.165) is 12.0 Å². The van der Waals surface area contributed by atoms with Crippen molar-refractivity contribution in [3.05, 3.63) is 87.7 Å². The van der Waals surface area contributed by atoms with E-state index in [9.17, 15) is 17.6 Å². The van der Waals surface area contributed by atoms with Crippen molar-refractivity contribution >= 4 is 50.9 Å². The van der Waals surface area contributed by atoms with E-state index in [4.69, 9.17) is 23.2 Å². The molecule has 0 saturated carbocycles. The van der Waals surface area contributed by atoms with Crippen LogP contribution in [-0.2, 0) is 16.6 Å². The Bertz CT molecular complexity index is 1390. The maximum Gasteiger partial charge on any atom is 0.252 e. The molecule has 0 unspecified atom stereocenters. The third-order valence-electron chi connectivity index (χ3n) is 6.15. The third-order valence-corrected chi connectivity index (χ3v) is 9.80. The Morgan fingerprint density at radius 2 is 1.68 bits per heavy atom. The average Bonchev–Trinajstić information content (AvgIpc) is 2.85. The molecule has 1 amide bonds. The van der Waals surface area contributed by atoms with Gasteiger partial charge in [-0.25, -0.2) is 12.8 Å². The summed E-state index contributed by atoms with van der Waals surface area (Å²) < 4.78 is 42.0. The molecular formula is C27H27Cl2FN2O3S2. The van der Waals surface area contributed by atoms with Gasteiger partial charge >= 0.3 is 0 Å². The molecule has 0 aromatic heterocycles. The van der Waals surface area contributed by atoms with Gasteiger partial charge in [0, 0.05) is 29.4 Å². The van der Waals surface area contributed by atoms with Crippen molar-refractivity contribution < 1.29 is 17.6 Å². The van der Waals surface area contributed by atoms with Crippen molar-refractivity contribution in [2.24, 2.45) is 11.8 Å². The van der Waals surface area contributed by atoms with E-state index < -0.39 is 15.9 Å². The first kappa shape index (κ1) is 27.9. The number of benzene rings is 3. The molecule has 0 spiro atoms. The molecule has 196 valence electrons. The van der Waals surface area contributed by atoms with Gasteiger partial charge in [-0.2, -0.15) is 4.31 Å². The van der Waals surface area contributed by atoms with Gasteiger partial charge in [-0.05, 0) is 78.4 Å². The Balaban J connectivity index is 1.65. The van der Waals surface area contributed by atoms with Crippen LogP contribution in [-0.4, -0.2) is 31.7 Å². The molecule has 37 heavy (non-hydrogen) atoms. The molecule has 0 bridgehead atoms. The minimum atomic E-state index is -3.79. The van der Waals surface area contributed by atoms with Crippen LogP contribution in [0.15, 0.2) is 75.4 Å². The summed E-state index contributed by atoms with van der Waals surface area (Å²) >= 11 is 13.3. The van der Waals surface area contributed by atoms with Crippen LogP contribution >= 0.6 is 35.0 Å². The maximum atomic E-state index is 13.5. The SMILES string of the molecule is C[C@@H]1C[C@H](C)CN(S(=O)(=O)c2ccc(Sc3ccc(F)cc3)c(C(=O)NCc3ccc(Cl)c(Cl)c3)c2)C1. The molecule has 3 aromatic rings. The molecule has 4 rings (SSSR count). The number of amides is 1. The van der Waals surface area contributed by atoms with Crippen LogP contribution in [0.25, 0.3) is 0 Å². The third kappa shape index (κ3) is 6.86. The number of hydrogen-bond donors (Lipinski definition) is 1. The van der Waals surface area contributed by atoms with Crippen LogP contribution in [0.1, 0.15) is 36.2 Å². The van der Waals surface area contributed by atoms with Crippen molar-refractivity contribution in [2.75, 3.05) is 13.1 Å². The van der Waals surface area contributed by atoms with Crippen molar-refractivity contribution in [2.45, 2.75) is 41.5 Å². The molecule has 0 aliphatic carbocycles. The number of piperidine rings is 1. The Morgan fingerprint density at radius 3 is 2.32 bits per heavy atom. The highest BCUT2D eigenvalue weighted by molar-refractivity contribution is 7.99. The largest absolute Gasteiger partial charge is 0.348 e. The summed E-state index contributed by atoms with van der Waals surface area (Å²) in [6.45, 7) is 5.15. The first-order chi connectivity index (χ1) is 17.5. The van der Waals surface area contributed by atoms with E-state index in [2.05, 4.69) is 5.32 Å². The van der Waals surface area contributed by atoms with Gasteiger partial charge in [-0.15, -0.1) is 0 Å². The summed E-state index contributed by atoms with van der Waals surface area (Å²) in [6, 6.07) is 15.5. The molecular weight excluding hydrogens is 554 g/mol. The molecule has 1 aliphatic rings. The van der Waals surface area contributed by atoms with Crippen molar-refractivity contribution in [1.82, 2.24) is 9.62 Å². The zero-order valence-electron chi connectivity index (χ0n) is 20.4. The van der Waals surface area contributed by atoms with Crippen LogP contribution in [0, 0.1) is 17.7 Å². The second kappa shape index (κ2) is 11.7. The monoisotopic (exact) mass is 580 g/mol. The lowest BCUT2D eigenvalue weighted by Crippen LogP contribution is -2.42. The molecule has 1 fully saturated rings. The lowest BCUT2D eigenvalue weighted by atomic mass is 9.94. The molecule has 3 aromatic carbocycles. The van der Waals surface area contributed by atoms with Crippen molar-refractivity contribution in [3.8, 4) is 0 Å². The minimum absolute atomic E-state index is 0.0666. The number of nitrogens with zero attached hydrogens (tertiary/aromatic N) is 1. The molecule has 1 heterocycles. The number of halogens is 3. The molecule has 10 heteroatoms. The van der Waals surface area contributed by atoms with E-state index in [-0.39, 0.29) is 34.7 Å². The highest BCUT2D eigenvalue weighted by Crippen LogP contribution is 2.34. The van der Waals surface area contributed by atoms with Gasteiger partial charge in [0.25, 0.3) is 5.91 Å².